The van der Waals surface area contributed by atoms with Crippen LogP contribution in [-0.4, -0.2) is 6.04 Å². The second kappa shape index (κ2) is 6.90. The van der Waals surface area contributed by atoms with Gasteiger partial charge in [0.2, 0.25) is 0 Å². The van der Waals surface area contributed by atoms with Gasteiger partial charge in [-0.1, -0.05) is 60.8 Å². The van der Waals surface area contributed by atoms with Gasteiger partial charge in [0, 0.05) is 16.6 Å². The Morgan fingerprint density at radius 2 is 1.79 bits per heavy atom. The normalized spacial score (nSPS) is 25.5. The molecule has 0 aromatic heterocycles. The van der Waals surface area contributed by atoms with Crippen LogP contribution in [0.5, 0.6) is 0 Å². The molecular formula is C17H26BrN. The van der Waals surface area contributed by atoms with Crippen molar-refractivity contribution in [1.82, 2.24) is 5.32 Å². The maximum Gasteiger partial charge on any atom is 0.0305 e. The zero-order valence-corrected chi connectivity index (χ0v) is 13.9. The van der Waals surface area contributed by atoms with Crippen LogP contribution in [0.4, 0.5) is 0 Å². The number of nitrogens with one attached hydrogen (secondary N) is 1. The summed E-state index contributed by atoms with van der Waals surface area (Å²) in [4.78, 5) is 0. The van der Waals surface area contributed by atoms with Crippen LogP contribution in [0.2, 0.25) is 0 Å². The van der Waals surface area contributed by atoms with Crippen LogP contribution >= 0.6 is 15.9 Å². The molecule has 1 N–H and O–H groups in total. The molecule has 19 heavy (non-hydrogen) atoms. The predicted molar refractivity (Wildman–Crippen MR) is 86.3 cm³/mol. The Bertz CT molecular complexity index is 402. The van der Waals surface area contributed by atoms with E-state index in [0.717, 1.165) is 11.8 Å². The van der Waals surface area contributed by atoms with Crippen LogP contribution in [0.25, 0.3) is 0 Å². The van der Waals surface area contributed by atoms with Crippen molar-refractivity contribution in [1.29, 1.82) is 0 Å². The SMILES string of the molecule is CC(C)C1CCCCC1N[C@@H](C)c1ccccc1Br. The standard InChI is InChI=1S/C17H26BrN/c1-12(2)14-8-5-7-11-17(14)19-13(3)15-9-4-6-10-16(15)18/h4,6,9-10,12-14,17,19H,5,7-8,11H2,1-3H3/t13-,14?,17?/m0/s1. The summed E-state index contributed by atoms with van der Waals surface area (Å²) in [6.45, 7) is 7.02. The van der Waals surface area contributed by atoms with Gasteiger partial charge in [0.05, 0.1) is 0 Å². The monoisotopic (exact) mass is 323 g/mol. The van der Waals surface area contributed by atoms with Gasteiger partial charge in [-0.05, 0) is 43.2 Å². The molecule has 2 rings (SSSR count). The lowest BCUT2D eigenvalue weighted by atomic mass is 9.77. The second-order valence-corrected chi connectivity index (χ2v) is 7.06. The van der Waals surface area contributed by atoms with E-state index >= 15 is 0 Å². The Hall–Kier alpha value is -0.340. The quantitative estimate of drug-likeness (QED) is 0.791. The fourth-order valence-corrected chi connectivity index (χ4v) is 4.03. The molecule has 0 heterocycles. The molecule has 1 aromatic rings. The summed E-state index contributed by atoms with van der Waals surface area (Å²) in [5.41, 5.74) is 1.37. The molecule has 1 aromatic carbocycles. The summed E-state index contributed by atoms with van der Waals surface area (Å²) in [5, 5.41) is 3.88. The first kappa shape index (κ1) is 15.1. The summed E-state index contributed by atoms with van der Waals surface area (Å²) in [7, 11) is 0. The van der Waals surface area contributed by atoms with Crippen LogP contribution in [-0.2, 0) is 0 Å². The lowest BCUT2D eigenvalue weighted by molar-refractivity contribution is 0.194. The Kier molecular flexibility index (Phi) is 5.47. The van der Waals surface area contributed by atoms with E-state index in [1.807, 2.05) is 0 Å². The number of hydrogen-bond acceptors (Lipinski definition) is 1. The molecule has 0 amide bonds. The van der Waals surface area contributed by atoms with Crippen LogP contribution < -0.4 is 5.32 Å². The molecule has 1 aliphatic carbocycles. The molecular weight excluding hydrogens is 298 g/mol. The van der Waals surface area contributed by atoms with Gasteiger partial charge in [0.15, 0.2) is 0 Å². The van der Waals surface area contributed by atoms with Crippen LogP contribution in [0.1, 0.15) is 58.1 Å². The molecule has 2 heteroatoms. The summed E-state index contributed by atoms with van der Waals surface area (Å²) < 4.78 is 1.21. The number of rotatable bonds is 4. The van der Waals surface area contributed by atoms with Crippen molar-refractivity contribution in [2.75, 3.05) is 0 Å². The Morgan fingerprint density at radius 3 is 2.47 bits per heavy atom. The van der Waals surface area contributed by atoms with Crippen LogP contribution in [0.3, 0.4) is 0 Å². The van der Waals surface area contributed by atoms with E-state index in [1.54, 1.807) is 0 Å². The molecule has 0 aliphatic heterocycles. The minimum absolute atomic E-state index is 0.417. The summed E-state index contributed by atoms with van der Waals surface area (Å²) in [5.74, 6) is 1.61. The third kappa shape index (κ3) is 3.82. The van der Waals surface area contributed by atoms with E-state index in [2.05, 4.69) is 66.3 Å². The third-order valence-electron chi connectivity index (χ3n) is 4.51. The minimum Gasteiger partial charge on any atom is -0.307 e. The lowest BCUT2D eigenvalue weighted by Crippen LogP contribution is -2.42. The highest BCUT2D eigenvalue weighted by atomic mass is 79.9. The van der Waals surface area contributed by atoms with Gasteiger partial charge in [-0.25, -0.2) is 0 Å². The minimum atomic E-state index is 0.417. The molecule has 1 nitrogen and oxygen atoms in total. The molecule has 0 spiro atoms. The van der Waals surface area contributed by atoms with Gasteiger partial charge in [0.1, 0.15) is 0 Å². The highest BCUT2D eigenvalue weighted by Crippen LogP contribution is 2.32. The molecule has 3 atom stereocenters. The zero-order chi connectivity index (χ0) is 13.8. The second-order valence-electron chi connectivity index (χ2n) is 6.21. The van der Waals surface area contributed by atoms with Gasteiger partial charge in [-0.3, -0.25) is 0 Å². The van der Waals surface area contributed by atoms with Crippen LogP contribution in [0.15, 0.2) is 28.7 Å². The van der Waals surface area contributed by atoms with Crippen molar-refractivity contribution < 1.29 is 0 Å². The molecule has 0 bridgehead atoms. The summed E-state index contributed by atoms with van der Waals surface area (Å²) in [6, 6.07) is 9.65. The number of benzene rings is 1. The van der Waals surface area contributed by atoms with Gasteiger partial charge in [0.25, 0.3) is 0 Å². The first-order valence-corrected chi connectivity index (χ1v) is 8.39. The summed E-state index contributed by atoms with van der Waals surface area (Å²) >= 11 is 3.67. The van der Waals surface area contributed by atoms with E-state index in [9.17, 15) is 0 Å². The predicted octanol–water partition coefficient (Wildman–Crippen LogP) is 5.31. The highest BCUT2D eigenvalue weighted by molar-refractivity contribution is 9.10. The average molecular weight is 324 g/mol. The van der Waals surface area contributed by atoms with Gasteiger partial charge in [-0.15, -0.1) is 0 Å². The third-order valence-corrected chi connectivity index (χ3v) is 5.23. The van der Waals surface area contributed by atoms with E-state index in [1.165, 1.54) is 35.7 Å². The Morgan fingerprint density at radius 1 is 1.11 bits per heavy atom. The Labute approximate surface area is 126 Å². The number of hydrogen-bond donors (Lipinski definition) is 1. The van der Waals surface area contributed by atoms with Crippen molar-refractivity contribution in [2.45, 2.75) is 58.5 Å². The summed E-state index contributed by atoms with van der Waals surface area (Å²) in [6.07, 6.45) is 5.50. The highest BCUT2D eigenvalue weighted by Gasteiger charge is 2.28. The van der Waals surface area contributed by atoms with E-state index in [-0.39, 0.29) is 0 Å². The molecule has 0 radical (unpaired) electrons. The lowest BCUT2D eigenvalue weighted by Gasteiger charge is -2.37. The van der Waals surface area contributed by atoms with E-state index in [0.29, 0.717) is 12.1 Å². The van der Waals surface area contributed by atoms with Gasteiger partial charge < -0.3 is 5.32 Å². The van der Waals surface area contributed by atoms with E-state index < -0.39 is 0 Å². The maximum absolute atomic E-state index is 3.88. The molecule has 1 saturated carbocycles. The van der Waals surface area contributed by atoms with Crippen LogP contribution in [0, 0.1) is 11.8 Å². The molecule has 1 fully saturated rings. The first-order chi connectivity index (χ1) is 9.09. The Balaban J connectivity index is 2.05. The molecule has 1 aliphatic rings. The smallest absolute Gasteiger partial charge is 0.0305 e. The fraction of sp³-hybridized carbons (Fsp3) is 0.647. The van der Waals surface area contributed by atoms with Crippen molar-refractivity contribution in [3.8, 4) is 0 Å². The average Bonchev–Trinajstić information content (AvgIpc) is 2.39. The largest absolute Gasteiger partial charge is 0.307 e. The van der Waals surface area contributed by atoms with Crippen molar-refractivity contribution in [3.63, 3.8) is 0 Å². The van der Waals surface area contributed by atoms with Gasteiger partial charge >= 0.3 is 0 Å². The zero-order valence-electron chi connectivity index (χ0n) is 12.3. The molecule has 0 saturated heterocycles. The van der Waals surface area contributed by atoms with E-state index in [4.69, 9.17) is 0 Å². The topological polar surface area (TPSA) is 12.0 Å². The van der Waals surface area contributed by atoms with Crippen molar-refractivity contribution in [3.05, 3.63) is 34.3 Å². The van der Waals surface area contributed by atoms with Crippen molar-refractivity contribution in [2.24, 2.45) is 11.8 Å². The number of halogens is 1. The maximum atomic E-state index is 3.88. The molecule has 2 unspecified atom stereocenters. The van der Waals surface area contributed by atoms with Crippen molar-refractivity contribution >= 4 is 15.9 Å². The molecule has 106 valence electrons. The van der Waals surface area contributed by atoms with Gasteiger partial charge in [-0.2, -0.15) is 0 Å². The first-order valence-electron chi connectivity index (χ1n) is 7.60. The fourth-order valence-electron chi connectivity index (χ4n) is 3.40.